The van der Waals surface area contributed by atoms with Gasteiger partial charge in [-0.3, -0.25) is 9.58 Å². The van der Waals surface area contributed by atoms with E-state index in [1.54, 1.807) is 7.11 Å². The Kier molecular flexibility index (Phi) is 8.01. The van der Waals surface area contributed by atoms with Crippen molar-refractivity contribution in [2.75, 3.05) is 38.7 Å². The first kappa shape index (κ1) is 25.8. The van der Waals surface area contributed by atoms with Gasteiger partial charge in [0.1, 0.15) is 17.3 Å². The number of ether oxygens (including phenoxy) is 1. The van der Waals surface area contributed by atoms with E-state index in [4.69, 9.17) is 9.84 Å². The number of halogens is 2. The summed E-state index contributed by atoms with van der Waals surface area (Å²) in [7, 11) is 1.63. The van der Waals surface area contributed by atoms with Gasteiger partial charge in [-0.2, -0.15) is 5.10 Å². The largest absolute Gasteiger partial charge is 0.383 e. The van der Waals surface area contributed by atoms with Gasteiger partial charge in [-0.15, -0.1) is 0 Å². The number of methoxy groups -OCH3 is 1. The smallest absolute Gasteiger partial charge is 0.319 e. The van der Waals surface area contributed by atoms with Crippen LogP contribution < -0.4 is 10.6 Å². The number of likely N-dealkylation sites (tertiary alicyclic amines) is 1. The second kappa shape index (κ2) is 11.2. The molecule has 1 saturated heterocycles. The number of hydrogen-bond donors (Lipinski definition) is 2. The van der Waals surface area contributed by atoms with Gasteiger partial charge in [-0.05, 0) is 38.5 Å². The molecule has 1 aromatic heterocycles. The van der Waals surface area contributed by atoms with Gasteiger partial charge in [0.05, 0.1) is 24.0 Å². The topological polar surface area (TPSA) is 71.4 Å². The highest BCUT2D eigenvalue weighted by Crippen LogP contribution is 2.32. The summed E-state index contributed by atoms with van der Waals surface area (Å²) in [6.45, 7) is 8.27. The fourth-order valence-electron chi connectivity index (χ4n) is 4.85. The molecule has 9 heteroatoms. The first-order chi connectivity index (χ1) is 17.3. The molecule has 0 saturated carbocycles. The van der Waals surface area contributed by atoms with Crippen molar-refractivity contribution >= 4 is 11.7 Å². The van der Waals surface area contributed by atoms with E-state index >= 15 is 0 Å². The van der Waals surface area contributed by atoms with Gasteiger partial charge in [0, 0.05) is 50.3 Å². The second-order valence-electron chi connectivity index (χ2n) is 9.48. The zero-order valence-electron chi connectivity index (χ0n) is 21.1. The summed E-state index contributed by atoms with van der Waals surface area (Å²) in [5.74, 6) is -1.54. The average molecular weight is 498 g/mol. The third-order valence-corrected chi connectivity index (χ3v) is 6.56. The van der Waals surface area contributed by atoms with E-state index in [-0.39, 0.29) is 24.0 Å². The maximum absolute atomic E-state index is 14.0. The minimum absolute atomic E-state index is 0.113. The second-order valence-corrected chi connectivity index (χ2v) is 9.48. The predicted octanol–water partition coefficient (Wildman–Crippen LogP) is 4.95. The van der Waals surface area contributed by atoms with E-state index < -0.39 is 11.6 Å². The molecule has 1 aliphatic heterocycles. The van der Waals surface area contributed by atoms with Crippen LogP contribution in [0, 0.1) is 18.6 Å². The summed E-state index contributed by atoms with van der Waals surface area (Å²) in [6, 6.07) is 12.6. The standard InChI is InChI=1S/C27H33F2N5O2/c1-17(2)34-18(3)25(26(32-34)19-8-6-5-7-9-19)31-27(35)30-24-16-33(10-11-36-4)15-23(24)20-12-21(28)14-22(29)13-20/h5-9,12-14,17,23-24H,10-11,15-16H2,1-4H3,(H2,30,31,35). The lowest BCUT2D eigenvalue weighted by molar-refractivity contribution is 0.159. The first-order valence-electron chi connectivity index (χ1n) is 12.2. The van der Waals surface area contributed by atoms with Crippen LogP contribution >= 0.6 is 0 Å². The monoisotopic (exact) mass is 497 g/mol. The van der Waals surface area contributed by atoms with Crippen LogP contribution in [-0.4, -0.2) is 60.1 Å². The van der Waals surface area contributed by atoms with Gasteiger partial charge in [0.25, 0.3) is 0 Å². The zero-order chi connectivity index (χ0) is 25.8. The average Bonchev–Trinajstić information content (AvgIpc) is 3.38. The molecule has 2 amide bonds. The molecule has 36 heavy (non-hydrogen) atoms. The summed E-state index contributed by atoms with van der Waals surface area (Å²) in [5.41, 5.74) is 3.58. The third-order valence-electron chi connectivity index (χ3n) is 6.56. The molecular formula is C27H33F2N5O2. The number of aromatic nitrogens is 2. The van der Waals surface area contributed by atoms with Crippen LogP contribution in [0.15, 0.2) is 48.5 Å². The molecule has 1 fully saturated rings. The third kappa shape index (κ3) is 5.74. The summed E-state index contributed by atoms with van der Waals surface area (Å²) < 4.78 is 35.1. The SMILES string of the molecule is COCCN1CC(NC(=O)Nc2c(-c3ccccc3)nn(C(C)C)c2C)C(c2cc(F)cc(F)c2)C1. The van der Waals surface area contributed by atoms with E-state index in [2.05, 4.69) is 15.5 Å². The van der Waals surface area contributed by atoms with Gasteiger partial charge in [0.15, 0.2) is 0 Å². The minimum atomic E-state index is -0.632. The summed E-state index contributed by atoms with van der Waals surface area (Å²) in [6.07, 6.45) is 0. The molecule has 0 spiro atoms. The highest BCUT2D eigenvalue weighted by atomic mass is 19.1. The highest BCUT2D eigenvalue weighted by Gasteiger charge is 2.35. The zero-order valence-corrected chi connectivity index (χ0v) is 21.1. The molecule has 4 rings (SSSR count). The van der Waals surface area contributed by atoms with Crippen molar-refractivity contribution in [1.29, 1.82) is 0 Å². The molecule has 3 aromatic rings. The fraction of sp³-hybridized carbons (Fsp3) is 0.407. The molecule has 2 atom stereocenters. The van der Waals surface area contributed by atoms with Crippen molar-refractivity contribution in [3.05, 3.63) is 71.4 Å². The minimum Gasteiger partial charge on any atom is -0.383 e. The highest BCUT2D eigenvalue weighted by molar-refractivity contribution is 5.94. The lowest BCUT2D eigenvalue weighted by Crippen LogP contribution is -2.42. The van der Waals surface area contributed by atoms with E-state index in [9.17, 15) is 13.6 Å². The summed E-state index contributed by atoms with van der Waals surface area (Å²) >= 11 is 0. The number of rotatable bonds is 8. The van der Waals surface area contributed by atoms with Gasteiger partial charge in [-0.1, -0.05) is 30.3 Å². The van der Waals surface area contributed by atoms with Gasteiger partial charge < -0.3 is 15.4 Å². The lowest BCUT2D eigenvalue weighted by atomic mass is 9.94. The van der Waals surface area contributed by atoms with Crippen LogP contribution in [0.5, 0.6) is 0 Å². The normalized spacial score (nSPS) is 18.1. The van der Waals surface area contributed by atoms with Crippen molar-refractivity contribution < 1.29 is 18.3 Å². The van der Waals surface area contributed by atoms with Gasteiger partial charge >= 0.3 is 6.03 Å². The Morgan fingerprint density at radius 1 is 1.14 bits per heavy atom. The number of nitrogens with zero attached hydrogens (tertiary/aromatic N) is 3. The Labute approximate surface area is 210 Å². The number of hydrogen-bond acceptors (Lipinski definition) is 4. The van der Waals surface area contributed by atoms with Crippen LogP contribution in [0.2, 0.25) is 0 Å². The van der Waals surface area contributed by atoms with Crippen LogP contribution in [-0.2, 0) is 4.74 Å². The molecule has 2 heterocycles. The van der Waals surface area contributed by atoms with Crippen molar-refractivity contribution in [1.82, 2.24) is 20.0 Å². The molecule has 1 aliphatic rings. The van der Waals surface area contributed by atoms with Gasteiger partial charge in [-0.25, -0.2) is 13.6 Å². The number of carbonyl (C=O) groups excluding carboxylic acids is 1. The molecule has 2 aromatic carbocycles. The lowest BCUT2D eigenvalue weighted by Gasteiger charge is -2.21. The van der Waals surface area contributed by atoms with E-state index in [0.717, 1.165) is 17.3 Å². The van der Waals surface area contributed by atoms with Crippen molar-refractivity contribution in [2.24, 2.45) is 0 Å². The van der Waals surface area contributed by atoms with Crippen LogP contribution in [0.1, 0.15) is 37.1 Å². The van der Waals surface area contributed by atoms with Crippen molar-refractivity contribution in [3.8, 4) is 11.3 Å². The molecular weight excluding hydrogens is 464 g/mol. The van der Waals surface area contributed by atoms with Crippen LogP contribution in [0.4, 0.5) is 19.3 Å². The maximum atomic E-state index is 14.0. The van der Waals surface area contributed by atoms with Crippen molar-refractivity contribution in [2.45, 2.75) is 38.8 Å². The Morgan fingerprint density at radius 3 is 2.47 bits per heavy atom. The van der Waals surface area contributed by atoms with E-state index in [1.807, 2.05) is 55.8 Å². The molecule has 192 valence electrons. The number of nitrogens with one attached hydrogen (secondary N) is 2. The Hall–Kier alpha value is -3.30. The quantitative estimate of drug-likeness (QED) is 0.462. The molecule has 0 aliphatic carbocycles. The van der Waals surface area contributed by atoms with E-state index in [1.165, 1.54) is 12.1 Å². The molecule has 7 nitrogen and oxygen atoms in total. The first-order valence-corrected chi connectivity index (χ1v) is 12.2. The molecule has 2 unspecified atom stereocenters. The van der Waals surface area contributed by atoms with Crippen molar-refractivity contribution in [3.63, 3.8) is 0 Å². The molecule has 0 radical (unpaired) electrons. The number of amides is 2. The Balaban J connectivity index is 1.58. The van der Waals surface area contributed by atoms with Crippen LogP contribution in [0.3, 0.4) is 0 Å². The molecule has 0 bridgehead atoms. The number of carbonyl (C=O) groups is 1. The van der Waals surface area contributed by atoms with Crippen LogP contribution in [0.25, 0.3) is 11.3 Å². The van der Waals surface area contributed by atoms with E-state index in [0.29, 0.717) is 43.2 Å². The summed E-state index contributed by atoms with van der Waals surface area (Å²) in [4.78, 5) is 15.4. The molecule has 2 N–H and O–H groups in total. The van der Waals surface area contributed by atoms with Gasteiger partial charge in [0.2, 0.25) is 0 Å². The summed E-state index contributed by atoms with van der Waals surface area (Å²) in [5, 5.41) is 10.8. The fourth-order valence-corrected chi connectivity index (χ4v) is 4.85. The Morgan fingerprint density at radius 2 is 1.83 bits per heavy atom. The maximum Gasteiger partial charge on any atom is 0.319 e. The number of urea groups is 1. The number of benzene rings is 2. The Bertz CT molecular complexity index is 1180. The predicted molar refractivity (Wildman–Crippen MR) is 136 cm³/mol. The number of anilines is 1.